The molecule has 0 spiro atoms. The third-order valence-electron chi connectivity index (χ3n) is 5.11. The molecule has 4 rings (SSSR count). The van der Waals surface area contributed by atoms with Crippen LogP contribution in [-0.4, -0.2) is 41.5 Å². The number of carbonyl (C=O) groups is 3. The normalized spacial score (nSPS) is 17.1. The summed E-state index contributed by atoms with van der Waals surface area (Å²) in [7, 11) is 1.48. The van der Waals surface area contributed by atoms with E-state index in [1.54, 1.807) is 43.3 Å². The molecule has 1 fully saturated rings. The van der Waals surface area contributed by atoms with E-state index in [4.69, 9.17) is 13.9 Å². The Balaban J connectivity index is 1.85. The SMILES string of the molecule is C=CCOC(=O)c1sc(N2C(=O)C(=O)/C(=C(/O)c3cccc(OC)c3)C2c2ccco2)nc1C. The van der Waals surface area contributed by atoms with Gasteiger partial charge in [0.1, 0.15) is 34.8 Å². The van der Waals surface area contributed by atoms with Crippen LogP contribution in [0.1, 0.15) is 32.7 Å². The van der Waals surface area contributed by atoms with Crippen molar-refractivity contribution in [2.45, 2.75) is 13.0 Å². The third kappa shape index (κ3) is 3.99. The molecular formula is C24H20N2O7S. The number of furan rings is 1. The number of ketones is 1. The number of hydrogen-bond donors (Lipinski definition) is 1. The molecule has 3 aromatic rings. The summed E-state index contributed by atoms with van der Waals surface area (Å²) >= 11 is 0.905. The standard InChI is InChI=1S/C24H20N2O7S/c1-4-10-33-23(30)21-13(2)25-24(34-21)26-18(16-9-6-11-32-16)17(20(28)22(26)29)19(27)14-7-5-8-15(12-14)31-3/h4-9,11-12,18,27H,1,10H2,2-3H3/b19-17+. The van der Waals surface area contributed by atoms with Crippen molar-refractivity contribution < 1.29 is 33.4 Å². The van der Waals surface area contributed by atoms with Crippen LogP contribution in [0.4, 0.5) is 5.13 Å². The number of aromatic nitrogens is 1. The van der Waals surface area contributed by atoms with Gasteiger partial charge in [-0.05, 0) is 31.2 Å². The van der Waals surface area contributed by atoms with Crippen molar-refractivity contribution in [3.63, 3.8) is 0 Å². The van der Waals surface area contributed by atoms with Gasteiger partial charge in [-0.3, -0.25) is 14.5 Å². The van der Waals surface area contributed by atoms with Crippen LogP contribution in [0.3, 0.4) is 0 Å². The topological polar surface area (TPSA) is 119 Å². The van der Waals surface area contributed by atoms with Gasteiger partial charge in [0.2, 0.25) is 0 Å². The van der Waals surface area contributed by atoms with Crippen molar-refractivity contribution in [2.24, 2.45) is 0 Å². The first-order chi connectivity index (χ1) is 16.4. The van der Waals surface area contributed by atoms with Crippen molar-refractivity contribution >= 4 is 39.9 Å². The largest absolute Gasteiger partial charge is 0.507 e. The number of aliphatic hydroxyl groups excluding tert-OH is 1. The number of aliphatic hydroxyl groups is 1. The molecule has 1 aromatic carbocycles. The molecule has 1 amide bonds. The van der Waals surface area contributed by atoms with E-state index in [1.807, 2.05) is 0 Å². The van der Waals surface area contributed by atoms with Gasteiger partial charge in [0.25, 0.3) is 5.78 Å². The Morgan fingerprint density at radius 2 is 2.12 bits per heavy atom. The summed E-state index contributed by atoms with van der Waals surface area (Å²) in [6, 6.07) is 8.56. The number of anilines is 1. The number of methoxy groups -OCH3 is 1. The Bertz CT molecular complexity index is 1310. The molecule has 1 atom stereocenters. The monoisotopic (exact) mass is 480 g/mol. The Morgan fingerprint density at radius 1 is 1.32 bits per heavy atom. The van der Waals surface area contributed by atoms with Crippen molar-refractivity contribution in [3.8, 4) is 5.75 Å². The van der Waals surface area contributed by atoms with E-state index in [9.17, 15) is 19.5 Å². The van der Waals surface area contributed by atoms with Gasteiger partial charge < -0.3 is 19.0 Å². The van der Waals surface area contributed by atoms with Gasteiger partial charge in [-0.15, -0.1) is 0 Å². The zero-order chi connectivity index (χ0) is 24.4. The fourth-order valence-electron chi connectivity index (χ4n) is 3.55. The number of Topliss-reactive ketones (excluding diaryl/α,β-unsaturated/α-hetero) is 1. The number of carbonyl (C=O) groups excluding carboxylic acids is 3. The van der Waals surface area contributed by atoms with Crippen LogP contribution < -0.4 is 9.64 Å². The Kier molecular flexibility index (Phi) is 6.33. The maximum atomic E-state index is 13.1. The minimum Gasteiger partial charge on any atom is -0.507 e. The Hall–Kier alpha value is -4.18. The fraction of sp³-hybridized carbons (Fsp3) is 0.167. The van der Waals surface area contributed by atoms with E-state index in [-0.39, 0.29) is 39.3 Å². The second-order valence-electron chi connectivity index (χ2n) is 7.21. The summed E-state index contributed by atoms with van der Waals surface area (Å²) in [5, 5.41) is 11.2. The van der Waals surface area contributed by atoms with Gasteiger partial charge >= 0.3 is 11.9 Å². The maximum absolute atomic E-state index is 13.1. The summed E-state index contributed by atoms with van der Waals surface area (Å²) in [6.07, 6.45) is 2.83. The summed E-state index contributed by atoms with van der Waals surface area (Å²) in [6.45, 7) is 5.12. The van der Waals surface area contributed by atoms with E-state index in [0.29, 0.717) is 11.4 Å². The van der Waals surface area contributed by atoms with Gasteiger partial charge in [-0.2, -0.15) is 0 Å². The summed E-state index contributed by atoms with van der Waals surface area (Å²) in [5.41, 5.74) is 0.455. The lowest BCUT2D eigenvalue weighted by Gasteiger charge is -2.20. The molecular weight excluding hydrogens is 460 g/mol. The van der Waals surface area contributed by atoms with E-state index >= 15 is 0 Å². The molecule has 174 valence electrons. The fourth-order valence-corrected chi connectivity index (χ4v) is 4.53. The highest BCUT2D eigenvalue weighted by Crippen LogP contribution is 2.44. The lowest BCUT2D eigenvalue weighted by Crippen LogP contribution is -2.29. The lowest BCUT2D eigenvalue weighted by molar-refractivity contribution is -0.132. The van der Waals surface area contributed by atoms with Crippen LogP contribution >= 0.6 is 11.3 Å². The van der Waals surface area contributed by atoms with E-state index in [1.165, 1.54) is 19.4 Å². The number of ether oxygens (including phenoxy) is 2. The number of esters is 1. The number of aryl methyl sites for hydroxylation is 1. The van der Waals surface area contributed by atoms with Gasteiger partial charge in [-0.25, -0.2) is 9.78 Å². The number of benzene rings is 1. The number of rotatable bonds is 7. The molecule has 1 aliphatic heterocycles. The molecule has 0 radical (unpaired) electrons. The van der Waals surface area contributed by atoms with E-state index in [0.717, 1.165) is 16.2 Å². The van der Waals surface area contributed by atoms with Crippen molar-refractivity contribution in [3.05, 3.63) is 82.8 Å². The minimum absolute atomic E-state index is 0.0168. The summed E-state index contributed by atoms with van der Waals surface area (Å²) < 4.78 is 15.8. The molecule has 2 aromatic heterocycles. The molecule has 34 heavy (non-hydrogen) atoms. The molecule has 0 bridgehead atoms. The van der Waals surface area contributed by atoms with Crippen LogP contribution in [0.15, 0.2) is 65.3 Å². The Labute approximate surface area is 198 Å². The molecule has 10 heteroatoms. The second kappa shape index (κ2) is 9.36. The average Bonchev–Trinajstić information content (AvgIpc) is 3.56. The first-order valence-corrected chi connectivity index (χ1v) is 10.9. The first-order valence-electron chi connectivity index (χ1n) is 10.1. The number of nitrogens with zero attached hydrogens (tertiary/aromatic N) is 2. The Morgan fingerprint density at radius 3 is 2.79 bits per heavy atom. The summed E-state index contributed by atoms with van der Waals surface area (Å²) in [5.74, 6) is -2.13. The second-order valence-corrected chi connectivity index (χ2v) is 8.19. The van der Waals surface area contributed by atoms with Crippen LogP contribution in [0.5, 0.6) is 5.75 Å². The molecule has 1 saturated heterocycles. The third-order valence-corrected chi connectivity index (χ3v) is 6.25. The van der Waals surface area contributed by atoms with Crippen LogP contribution in [0, 0.1) is 6.92 Å². The molecule has 1 N–H and O–H groups in total. The predicted molar refractivity (Wildman–Crippen MR) is 124 cm³/mol. The lowest BCUT2D eigenvalue weighted by atomic mass is 9.99. The number of amides is 1. The highest BCUT2D eigenvalue weighted by atomic mass is 32.1. The molecule has 1 aliphatic rings. The minimum atomic E-state index is -1.09. The summed E-state index contributed by atoms with van der Waals surface area (Å²) in [4.78, 5) is 44.3. The van der Waals surface area contributed by atoms with Gasteiger partial charge in [0.05, 0.1) is 24.6 Å². The highest BCUT2D eigenvalue weighted by Gasteiger charge is 2.49. The van der Waals surface area contributed by atoms with Crippen LogP contribution in [0.25, 0.3) is 5.76 Å². The number of hydrogen-bond acceptors (Lipinski definition) is 9. The zero-order valence-electron chi connectivity index (χ0n) is 18.3. The van der Waals surface area contributed by atoms with E-state index < -0.39 is 23.7 Å². The molecule has 0 saturated carbocycles. The molecule has 1 unspecified atom stereocenters. The zero-order valence-corrected chi connectivity index (χ0v) is 19.1. The van der Waals surface area contributed by atoms with Crippen molar-refractivity contribution in [1.82, 2.24) is 4.98 Å². The van der Waals surface area contributed by atoms with Crippen LogP contribution in [-0.2, 0) is 14.3 Å². The molecule has 3 heterocycles. The van der Waals surface area contributed by atoms with E-state index in [2.05, 4.69) is 11.6 Å². The van der Waals surface area contributed by atoms with Crippen LogP contribution in [0.2, 0.25) is 0 Å². The van der Waals surface area contributed by atoms with Gasteiger partial charge in [0, 0.05) is 5.56 Å². The van der Waals surface area contributed by atoms with Gasteiger partial charge in [0.15, 0.2) is 5.13 Å². The smallest absolute Gasteiger partial charge is 0.350 e. The van der Waals surface area contributed by atoms with Gasteiger partial charge in [-0.1, -0.05) is 36.1 Å². The number of thiazole rings is 1. The maximum Gasteiger partial charge on any atom is 0.350 e. The molecule has 9 nitrogen and oxygen atoms in total. The first kappa shape index (κ1) is 23.0. The quantitative estimate of drug-likeness (QED) is 0.177. The predicted octanol–water partition coefficient (Wildman–Crippen LogP) is 4.02. The highest BCUT2D eigenvalue weighted by molar-refractivity contribution is 7.17. The van der Waals surface area contributed by atoms with Crippen molar-refractivity contribution in [1.29, 1.82) is 0 Å². The average molecular weight is 480 g/mol. The van der Waals surface area contributed by atoms with Crippen molar-refractivity contribution in [2.75, 3.05) is 18.6 Å². The molecule has 0 aliphatic carbocycles.